The number of carbonyl (C=O) groups is 2. The normalized spacial score (nSPS) is 15.8. The van der Waals surface area contributed by atoms with Gasteiger partial charge in [0, 0.05) is 31.6 Å². The maximum Gasteiger partial charge on any atom is 0.227 e. The van der Waals surface area contributed by atoms with Gasteiger partial charge in [0.15, 0.2) is 0 Å². The number of amides is 2. The van der Waals surface area contributed by atoms with Gasteiger partial charge in [-0.15, -0.1) is 0 Å². The molecule has 1 unspecified atom stereocenters. The SMILES string of the molecule is CN(Cc1ccc2ccccc2c1)C(=O)CCC1Cc2ccccc2NC1=O. The van der Waals surface area contributed by atoms with Crippen LogP contribution in [0.25, 0.3) is 10.8 Å². The first-order valence-electron chi connectivity index (χ1n) is 9.70. The molecule has 1 N–H and O–H groups in total. The molecule has 142 valence electrons. The van der Waals surface area contributed by atoms with Crippen molar-refractivity contribution in [1.29, 1.82) is 0 Å². The average molecular weight is 372 g/mol. The third-order valence-electron chi connectivity index (χ3n) is 5.48. The quantitative estimate of drug-likeness (QED) is 0.722. The molecular weight excluding hydrogens is 348 g/mol. The van der Waals surface area contributed by atoms with Gasteiger partial charge >= 0.3 is 0 Å². The summed E-state index contributed by atoms with van der Waals surface area (Å²) in [5, 5.41) is 5.33. The molecule has 1 aliphatic rings. The molecule has 0 fully saturated rings. The summed E-state index contributed by atoms with van der Waals surface area (Å²) in [6.45, 7) is 0.573. The molecule has 2 amide bonds. The predicted molar refractivity (Wildman–Crippen MR) is 112 cm³/mol. The second kappa shape index (κ2) is 7.85. The number of nitrogens with one attached hydrogen (secondary N) is 1. The fourth-order valence-corrected chi connectivity index (χ4v) is 3.83. The largest absolute Gasteiger partial charge is 0.341 e. The number of nitrogens with zero attached hydrogens (tertiary/aromatic N) is 1. The van der Waals surface area contributed by atoms with Gasteiger partial charge in [-0.2, -0.15) is 0 Å². The van der Waals surface area contributed by atoms with Crippen LogP contribution in [0, 0.1) is 5.92 Å². The Morgan fingerprint density at radius 3 is 2.64 bits per heavy atom. The van der Waals surface area contributed by atoms with E-state index >= 15 is 0 Å². The van der Waals surface area contributed by atoms with Crippen LogP contribution in [-0.2, 0) is 22.6 Å². The third kappa shape index (κ3) is 3.91. The Balaban J connectivity index is 1.35. The molecule has 3 aromatic rings. The van der Waals surface area contributed by atoms with Gasteiger partial charge in [-0.1, -0.05) is 54.6 Å². The van der Waals surface area contributed by atoms with Gasteiger partial charge in [-0.25, -0.2) is 0 Å². The number of para-hydroxylation sites is 1. The highest BCUT2D eigenvalue weighted by Gasteiger charge is 2.26. The summed E-state index contributed by atoms with van der Waals surface area (Å²) in [4.78, 5) is 26.7. The van der Waals surface area contributed by atoms with Gasteiger partial charge in [-0.3, -0.25) is 9.59 Å². The number of fused-ring (bicyclic) bond motifs is 2. The highest BCUT2D eigenvalue weighted by atomic mass is 16.2. The first-order valence-corrected chi connectivity index (χ1v) is 9.70. The topological polar surface area (TPSA) is 49.4 Å². The van der Waals surface area contributed by atoms with Crippen molar-refractivity contribution >= 4 is 28.3 Å². The number of anilines is 1. The van der Waals surface area contributed by atoms with E-state index in [0.717, 1.165) is 16.8 Å². The molecule has 0 radical (unpaired) electrons. The number of hydrogen-bond acceptors (Lipinski definition) is 2. The van der Waals surface area contributed by atoms with Crippen LogP contribution >= 0.6 is 0 Å². The van der Waals surface area contributed by atoms with Gasteiger partial charge in [0.2, 0.25) is 11.8 Å². The van der Waals surface area contributed by atoms with E-state index in [2.05, 4.69) is 35.6 Å². The summed E-state index contributed by atoms with van der Waals surface area (Å²) in [7, 11) is 1.83. The zero-order valence-corrected chi connectivity index (χ0v) is 16.0. The molecule has 4 nitrogen and oxygen atoms in total. The number of hydrogen-bond donors (Lipinski definition) is 1. The van der Waals surface area contributed by atoms with Gasteiger partial charge in [0.1, 0.15) is 0 Å². The molecule has 4 heteroatoms. The molecule has 0 spiro atoms. The number of rotatable bonds is 5. The Morgan fingerprint density at radius 1 is 1.04 bits per heavy atom. The minimum atomic E-state index is -0.145. The van der Waals surface area contributed by atoms with Gasteiger partial charge in [0.25, 0.3) is 0 Å². The molecule has 1 atom stereocenters. The summed E-state index contributed by atoms with van der Waals surface area (Å²) in [5.74, 6) is -0.0589. The first kappa shape index (κ1) is 18.2. The van der Waals surface area contributed by atoms with Crippen molar-refractivity contribution in [2.45, 2.75) is 25.8 Å². The zero-order chi connectivity index (χ0) is 19.5. The van der Waals surface area contributed by atoms with Crippen LogP contribution in [-0.4, -0.2) is 23.8 Å². The van der Waals surface area contributed by atoms with Crippen LogP contribution in [0.1, 0.15) is 24.0 Å². The fourth-order valence-electron chi connectivity index (χ4n) is 3.83. The van der Waals surface area contributed by atoms with Crippen molar-refractivity contribution < 1.29 is 9.59 Å². The monoisotopic (exact) mass is 372 g/mol. The molecule has 0 bridgehead atoms. The van der Waals surface area contributed by atoms with Crippen LogP contribution < -0.4 is 5.32 Å². The molecule has 3 aromatic carbocycles. The molecule has 0 saturated heterocycles. The van der Waals surface area contributed by atoms with Gasteiger partial charge in [0.05, 0.1) is 0 Å². The minimum Gasteiger partial charge on any atom is -0.341 e. The lowest BCUT2D eigenvalue weighted by molar-refractivity contribution is -0.131. The molecule has 0 aromatic heterocycles. The third-order valence-corrected chi connectivity index (χ3v) is 5.48. The summed E-state index contributed by atoms with van der Waals surface area (Å²) in [6.07, 6.45) is 1.65. The maximum atomic E-state index is 12.6. The summed E-state index contributed by atoms with van der Waals surface area (Å²) in [5.41, 5.74) is 3.14. The van der Waals surface area contributed by atoms with Crippen molar-refractivity contribution in [1.82, 2.24) is 4.90 Å². The van der Waals surface area contributed by atoms with Crippen LogP contribution in [0.2, 0.25) is 0 Å². The molecule has 1 heterocycles. The highest BCUT2D eigenvalue weighted by Crippen LogP contribution is 2.27. The Hall–Kier alpha value is -3.14. The van der Waals surface area contributed by atoms with E-state index in [9.17, 15) is 9.59 Å². The second-order valence-electron chi connectivity index (χ2n) is 7.52. The molecular formula is C24H24N2O2. The standard InChI is InChI=1S/C24H24N2O2/c1-26(16-17-10-11-18-6-2-3-7-19(18)14-17)23(27)13-12-21-15-20-8-4-5-9-22(20)25-24(21)28/h2-11,14,21H,12-13,15-16H2,1H3,(H,25,28). The van der Waals surface area contributed by atoms with Crippen molar-refractivity contribution in [2.24, 2.45) is 5.92 Å². The summed E-state index contributed by atoms with van der Waals surface area (Å²) in [6, 6.07) is 22.4. The van der Waals surface area contributed by atoms with Crippen LogP contribution in [0.3, 0.4) is 0 Å². The van der Waals surface area contributed by atoms with Crippen LogP contribution in [0.4, 0.5) is 5.69 Å². The van der Waals surface area contributed by atoms with E-state index in [1.54, 1.807) is 4.90 Å². The van der Waals surface area contributed by atoms with Gasteiger partial charge in [-0.05, 0) is 46.9 Å². The van der Waals surface area contributed by atoms with E-state index in [-0.39, 0.29) is 17.7 Å². The van der Waals surface area contributed by atoms with E-state index in [4.69, 9.17) is 0 Å². The second-order valence-corrected chi connectivity index (χ2v) is 7.52. The van der Waals surface area contributed by atoms with Crippen LogP contribution in [0.5, 0.6) is 0 Å². The Bertz CT molecular complexity index is 1030. The first-order chi connectivity index (χ1) is 13.6. The smallest absolute Gasteiger partial charge is 0.227 e. The lowest BCUT2D eigenvalue weighted by atomic mass is 9.89. The van der Waals surface area contributed by atoms with Crippen molar-refractivity contribution in [3.8, 4) is 0 Å². The van der Waals surface area contributed by atoms with Crippen molar-refractivity contribution in [3.05, 3.63) is 77.9 Å². The summed E-state index contributed by atoms with van der Waals surface area (Å²) < 4.78 is 0. The molecule has 1 aliphatic heterocycles. The molecule has 0 saturated carbocycles. The van der Waals surface area contributed by atoms with Gasteiger partial charge < -0.3 is 10.2 Å². The number of benzene rings is 3. The predicted octanol–water partition coefficient (Wildman–Crippen LogP) is 4.39. The number of carbonyl (C=O) groups excluding carboxylic acids is 2. The lowest BCUT2D eigenvalue weighted by Gasteiger charge is -2.25. The molecule has 0 aliphatic carbocycles. The average Bonchev–Trinajstić information content (AvgIpc) is 2.71. The fraction of sp³-hybridized carbons (Fsp3) is 0.250. The minimum absolute atomic E-state index is 0.0173. The van der Waals surface area contributed by atoms with E-state index in [1.807, 2.05) is 43.4 Å². The zero-order valence-electron chi connectivity index (χ0n) is 16.0. The molecule has 4 rings (SSSR count). The van der Waals surface area contributed by atoms with Crippen LogP contribution in [0.15, 0.2) is 66.7 Å². The van der Waals surface area contributed by atoms with E-state index in [1.165, 1.54) is 10.8 Å². The van der Waals surface area contributed by atoms with E-state index < -0.39 is 0 Å². The van der Waals surface area contributed by atoms with Crippen molar-refractivity contribution in [2.75, 3.05) is 12.4 Å². The lowest BCUT2D eigenvalue weighted by Crippen LogP contribution is -2.32. The Labute approximate surface area is 165 Å². The maximum absolute atomic E-state index is 12.6. The molecule has 28 heavy (non-hydrogen) atoms. The summed E-state index contributed by atoms with van der Waals surface area (Å²) >= 11 is 0. The van der Waals surface area contributed by atoms with Crippen molar-refractivity contribution in [3.63, 3.8) is 0 Å². The Kier molecular flexibility index (Phi) is 5.11. The van der Waals surface area contributed by atoms with E-state index in [0.29, 0.717) is 25.8 Å². The Morgan fingerprint density at radius 2 is 1.79 bits per heavy atom. The highest BCUT2D eigenvalue weighted by molar-refractivity contribution is 5.96.